The van der Waals surface area contributed by atoms with E-state index in [-0.39, 0.29) is 17.8 Å². The zero-order valence-corrected chi connectivity index (χ0v) is 11.5. The first kappa shape index (κ1) is 13.1. The predicted molar refractivity (Wildman–Crippen MR) is 76.2 cm³/mol. The van der Waals surface area contributed by atoms with Crippen LogP contribution < -0.4 is 5.32 Å². The number of nitrogens with one attached hydrogen (secondary N) is 1. The number of benzene rings is 1. The number of aromatic nitrogens is 1. The Bertz CT molecular complexity index is 633. The van der Waals surface area contributed by atoms with Crippen molar-refractivity contribution in [3.63, 3.8) is 0 Å². The molecule has 1 amide bonds. The summed E-state index contributed by atoms with van der Waals surface area (Å²) in [6, 6.07) is 9.77. The zero-order valence-electron chi connectivity index (χ0n) is 10.7. The van der Waals surface area contributed by atoms with E-state index in [0.717, 1.165) is 22.6 Å². The standard InChI is InChI=1S/C15H13FN2OS/c16-10-4-5-14-11(9-10)12(6-8-20-14)18-15(19)13-3-1-2-7-17-13/h1-5,7,9,12H,6,8H2,(H,18,19). The maximum atomic E-state index is 13.4. The molecule has 3 rings (SSSR count). The summed E-state index contributed by atoms with van der Waals surface area (Å²) >= 11 is 1.69. The SMILES string of the molecule is O=C(NC1CCSc2ccc(F)cc21)c1ccccn1. The first-order valence-electron chi connectivity index (χ1n) is 6.38. The Labute approximate surface area is 120 Å². The van der Waals surface area contributed by atoms with Gasteiger partial charge in [0.2, 0.25) is 0 Å². The highest BCUT2D eigenvalue weighted by molar-refractivity contribution is 7.99. The predicted octanol–water partition coefficient (Wildman–Crippen LogP) is 3.19. The van der Waals surface area contributed by atoms with E-state index in [4.69, 9.17) is 0 Å². The molecule has 0 fully saturated rings. The number of halogens is 1. The van der Waals surface area contributed by atoms with Crippen molar-refractivity contribution in [3.8, 4) is 0 Å². The van der Waals surface area contributed by atoms with Gasteiger partial charge in [-0.15, -0.1) is 11.8 Å². The van der Waals surface area contributed by atoms with Crippen LogP contribution in [0, 0.1) is 5.82 Å². The molecule has 20 heavy (non-hydrogen) atoms. The van der Waals surface area contributed by atoms with Crippen LogP contribution in [0.4, 0.5) is 4.39 Å². The number of pyridine rings is 1. The average Bonchev–Trinajstić information content (AvgIpc) is 2.49. The minimum Gasteiger partial charge on any atom is -0.344 e. The van der Waals surface area contributed by atoms with Gasteiger partial charge in [0.25, 0.3) is 5.91 Å². The Kier molecular flexibility index (Phi) is 3.69. The van der Waals surface area contributed by atoms with Gasteiger partial charge in [0, 0.05) is 16.8 Å². The van der Waals surface area contributed by atoms with E-state index in [2.05, 4.69) is 10.3 Å². The summed E-state index contributed by atoms with van der Waals surface area (Å²) in [6.45, 7) is 0. The Morgan fingerprint density at radius 3 is 3.05 bits per heavy atom. The minimum absolute atomic E-state index is 0.156. The molecule has 0 saturated heterocycles. The van der Waals surface area contributed by atoms with Gasteiger partial charge < -0.3 is 5.32 Å². The van der Waals surface area contributed by atoms with E-state index in [9.17, 15) is 9.18 Å². The molecule has 3 nitrogen and oxygen atoms in total. The number of rotatable bonds is 2. The van der Waals surface area contributed by atoms with E-state index in [0.29, 0.717) is 5.69 Å². The zero-order chi connectivity index (χ0) is 13.9. The van der Waals surface area contributed by atoms with E-state index >= 15 is 0 Å². The van der Waals surface area contributed by atoms with Crippen LogP contribution in [0.2, 0.25) is 0 Å². The largest absolute Gasteiger partial charge is 0.344 e. The van der Waals surface area contributed by atoms with Crippen LogP contribution in [0.15, 0.2) is 47.5 Å². The van der Waals surface area contributed by atoms with Gasteiger partial charge >= 0.3 is 0 Å². The smallest absolute Gasteiger partial charge is 0.270 e. The fourth-order valence-electron chi connectivity index (χ4n) is 2.24. The number of hydrogen-bond acceptors (Lipinski definition) is 3. The number of amides is 1. The summed E-state index contributed by atoms with van der Waals surface area (Å²) in [5, 5.41) is 2.94. The number of carbonyl (C=O) groups excluding carboxylic acids is 1. The van der Waals surface area contributed by atoms with Crippen LogP contribution in [0.25, 0.3) is 0 Å². The quantitative estimate of drug-likeness (QED) is 0.922. The monoisotopic (exact) mass is 288 g/mol. The molecular weight excluding hydrogens is 275 g/mol. The summed E-state index contributed by atoms with van der Waals surface area (Å²) in [5.74, 6) is 0.409. The van der Waals surface area contributed by atoms with Crippen LogP contribution in [-0.2, 0) is 0 Å². The molecule has 102 valence electrons. The third-order valence-electron chi connectivity index (χ3n) is 3.21. The molecule has 0 radical (unpaired) electrons. The van der Waals surface area contributed by atoms with E-state index in [1.807, 2.05) is 0 Å². The number of carbonyl (C=O) groups is 1. The Morgan fingerprint density at radius 1 is 1.35 bits per heavy atom. The lowest BCUT2D eigenvalue weighted by Crippen LogP contribution is -2.31. The molecule has 2 heterocycles. The second-order valence-electron chi connectivity index (χ2n) is 4.56. The minimum atomic E-state index is -0.275. The summed E-state index contributed by atoms with van der Waals surface area (Å²) < 4.78 is 13.4. The van der Waals surface area contributed by atoms with Crippen molar-refractivity contribution in [2.45, 2.75) is 17.4 Å². The lowest BCUT2D eigenvalue weighted by Gasteiger charge is -2.25. The number of hydrogen-bond donors (Lipinski definition) is 1. The second-order valence-corrected chi connectivity index (χ2v) is 5.70. The highest BCUT2D eigenvalue weighted by atomic mass is 32.2. The van der Waals surface area contributed by atoms with Gasteiger partial charge in [0.15, 0.2) is 0 Å². The third-order valence-corrected chi connectivity index (χ3v) is 4.34. The fourth-order valence-corrected chi connectivity index (χ4v) is 3.35. The van der Waals surface area contributed by atoms with Gasteiger partial charge in [0.05, 0.1) is 6.04 Å². The molecule has 5 heteroatoms. The highest BCUT2D eigenvalue weighted by Crippen LogP contribution is 2.36. The molecule has 0 aliphatic carbocycles. The maximum absolute atomic E-state index is 13.4. The molecule has 1 N–H and O–H groups in total. The van der Waals surface area contributed by atoms with Crippen molar-refractivity contribution < 1.29 is 9.18 Å². The van der Waals surface area contributed by atoms with Gasteiger partial charge in [-0.05, 0) is 42.3 Å². The molecule has 1 aliphatic heterocycles. The van der Waals surface area contributed by atoms with E-state index in [1.54, 1.807) is 42.2 Å². The topological polar surface area (TPSA) is 42.0 Å². The summed E-state index contributed by atoms with van der Waals surface area (Å²) in [7, 11) is 0. The van der Waals surface area contributed by atoms with Crippen LogP contribution in [0.1, 0.15) is 28.5 Å². The van der Waals surface area contributed by atoms with Gasteiger partial charge in [-0.1, -0.05) is 6.07 Å². The molecule has 1 aromatic carbocycles. The van der Waals surface area contributed by atoms with Gasteiger partial charge in [-0.2, -0.15) is 0 Å². The summed E-state index contributed by atoms with van der Waals surface area (Å²) in [4.78, 5) is 17.2. The van der Waals surface area contributed by atoms with Gasteiger partial charge in [0.1, 0.15) is 11.5 Å². The molecule has 2 aromatic rings. The normalized spacial score (nSPS) is 17.4. The fraction of sp³-hybridized carbons (Fsp3) is 0.200. The van der Waals surface area contributed by atoms with Crippen molar-refractivity contribution in [3.05, 3.63) is 59.7 Å². The number of thioether (sulfide) groups is 1. The molecule has 1 aromatic heterocycles. The molecule has 0 bridgehead atoms. The van der Waals surface area contributed by atoms with Crippen LogP contribution in [0.5, 0.6) is 0 Å². The number of fused-ring (bicyclic) bond motifs is 1. The van der Waals surface area contributed by atoms with E-state index in [1.165, 1.54) is 12.1 Å². The lowest BCUT2D eigenvalue weighted by molar-refractivity contribution is 0.0930. The van der Waals surface area contributed by atoms with Gasteiger partial charge in [-0.3, -0.25) is 9.78 Å². The average molecular weight is 288 g/mol. The van der Waals surface area contributed by atoms with Crippen LogP contribution >= 0.6 is 11.8 Å². The van der Waals surface area contributed by atoms with Crippen molar-refractivity contribution in [2.24, 2.45) is 0 Å². The molecule has 1 aliphatic rings. The van der Waals surface area contributed by atoms with E-state index < -0.39 is 0 Å². The first-order chi connectivity index (χ1) is 9.74. The van der Waals surface area contributed by atoms with Gasteiger partial charge in [-0.25, -0.2) is 4.39 Å². The Morgan fingerprint density at radius 2 is 2.25 bits per heavy atom. The van der Waals surface area contributed by atoms with Crippen molar-refractivity contribution >= 4 is 17.7 Å². The van der Waals surface area contributed by atoms with Crippen molar-refractivity contribution in [2.75, 3.05) is 5.75 Å². The first-order valence-corrected chi connectivity index (χ1v) is 7.37. The summed E-state index contributed by atoms with van der Waals surface area (Å²) in [6.07, 6.45) is 2.37. The third kappa shape index (κ3) is 2.67. The molecule has 1 unspecified atom stereocenters. The molecule has 0 saturated carbocycles. The maximum Gasteiger partial charge on any atom is 0.270 e. The number of nitrogens with zero attached hydrogens (tertiary/aromatic N) is 1. The highest BCUT2D eigenvalue weighted by Gasteiger charge is 2.23. The van der Waals surface area contributed by atoms with Crippen molar-refractivity contribution in [1.82, 2.24) is 10.3 Å². The molecular formula is C15H13FN2OS. The van der Waals surface area contributed by atoms with Crippen molar-refractivity contribution in [1.29, 1.82) is 0 Å². The van der Waals surface area contributed by atoms with Crippen LogP contribution in [0.3, 0.4) is 0 Å². The molecule has 1 atom stereocenters. The van der Waals surface area contributed by atoms with Crippen LogP contribution in [-0.4, -0.2) is 16.6 Å². The molecule has 0 spiro atoms. The Hall–Kier alpha value is -1.88. The second kappa shape index (κ2) is 5.63. The summed E-state index contributed by atoms with van der Waals surface area (Å²) in [5.41, 5.74) is 1.23. The Balaban J connectivity index is 1.83. The lowest BCUT2D eigenvalue weighted by atomic mass is 10.0.